The van der Waals surface area contributed by atoms with Crippen molar-refractivity contribution in [3.63, 3.8) is 0 Å². The Morgan fingerprint density at radius 1 is 1.34 bits per heavy atom. The summed E-state index contributed by atoms with van der Waals surface area (Å²) < 4.78 is 28.3. The van der Waals surface area contributed by atoms with Crippen LogP contribution in [0.25, 0.3) is 11.0 Å². The normalized spacial score (nSPS) is 22.1. The highest BCUT2D eigenvalue weighted by atomic mass is 35.5. The van der Waals surface area contributed by atoms with Crippen LogP contribution in [0.3, 0.4) is 0 Å². The molecule has 4 heterocycles. The molecule has 3 N–H and O–H groups in total. The molecule has 0 radical (unpaired) electrons. The lowest BCUT2D eigenvalue weighted by atomic mass is 9.91. The van der Waals surface area contributed by atoms with Gasteiger partial charge in [-0.25, -0.2) is 9.37 Å². The number of halogens is 2. The molecule has 1 aliphatic carbocycles. The first-order chi connectivity index (χ1) is 18.3. The zero-order valence-corrected chi connectivity index (χ0v) is 22.5. The number of nitrogens with two attached hydrogens (primary N) is 1. The number of hydrogen-bond acceptors (Lipinski definition) is 8. The van der Waals surface area contributed by atoms with Crippen LogP contribution < -0.4 is 16.0 Å². The fourth-order valence-corrected chi connectivity index (χ4v) is 5.55. The van der Waals surface area contributed by atoms with Gasteiger partial charge >= 0.3 is 0 Å². The SMILES string of the molecule is CCn1cc(Cl)c2cc(C(=O)NC3CCc4nc(N5CC(N)C(OC(C)COC)C5)cc(F)c4C3)nnc21. The maximum atomic E-state index is 15.3. The number of pyridine rings is 1. The number of rotatable bonds is 8. The lowest BCUT2D eigenvalue weighted by molar-refractivity contribution is -0.0348. The van der Waals surface area contributed by atoms with Crippen LogP contribution >= 0.6 is 11.6 Å². The Bertz CT molecular complexity index is 1340. The van der Waals surface area contributed by atoms with Crippen LogP contribution in [0, 0.1) is 5.82 Å². The van der Waals surface area contributed by atoms with Crippen LogP contribution in [0.1, 0.15) is 42.0 Å². The maximum absolute atomic E-state index is 15.3. The smallest absolute Gasteiger partial charge is 0.272 e. The number of aromatic nitrogens is 4. The Morgan fingerprint density at radius 2 is 2.16 bits per heavy atom. The maximum Gasteiger partial charge on any atom is 0.272 e. The summed E-state index contributed by atoms with van der Waals surface area (Å²) in [5, 5.41) is 12.4. The summed E-state index contributed by atoms with van der Waals surface area (Å²) >= 11 is 6.32. The van der Waals surface area contributed by atoms with E-state index in [0.717, 1.165) is 0 Å². The third-order valence-electron chi connectivity index (χ3n) is 7.25. The summed E-state index contributed by atoms with van der Waals surface area (Å²) in [4.78, 5) is 19.7. The van der Waals surface area contributed by atoms with Gasteiger partial charge in [0.2, 0.25) is 0 Å². The second-order valence-electron chi connectivity index (χ2n) is 10.0. The number of carbonyl (C=O) groups is 1. The molecular weight excluding hydrogens is 513 g/mol. The highest BCUT2D eigenvalue weighted by molar-refractivity contribution is 6.35. The predicted molar refractivity (Wildman–Crippen MR) is 142 cm³/mol. The van der Waals surface area contributed by atoms with E-state index in [-0.39, 0.29) is 41.7 Å². The van der Waals surface area contributed by atoms with Crippen LogP contribution in [0.15, 0.2) is 18.3 Å². The molecule has 38 heavy (non-hydrogen) atoms. The summed E-state index contributed by atoms with van der Waals surface area (Å²) in [5.41, 5.74) is 8.35. The van der Waals surface area contributed by atoms with E-state index >= 15 is 4.39 Å². The average Bonchev–Trinajstić information content (AvgIpc) is 3.42. The first kappa shape index (κ1) is 26.7. The van der Waals surface area contributed by atoms with Crippen LogP contribution in [0.4, 0.5) is 10.2 Å². The summed E-state index contributed by atoms with van der Waals surface area (Å²) in [6.45, 7) is 6.16. The predicted octanol–water partition coefficient (Wildman–Crippen LogP) is 2.49. The molecule has 1 amide bonds. The molecule has 3 aromatic rings. The number of amides is 1. The van der Waals surface area contributed by atoms with Gasteiger partial charge in [-0.05, 0) is 39.2 Å². The number of anilines is 1. The molecule has 0 saturated carbocycles. The highest BCUT2D eigenvalue weighted by Gasteiger charge is 2.34. The van der Waals surface area contributed by atoms with Gasteiger partial charge in [0.15, 0.2) is 11.3 Å². The Balaban J connectivity index is 1.25. The van der Waals surface area contributed by atoms with Crippen molar-refractivity contribution in [1.29, 1.82) is 0 Å². The van der Waals surface area contributed by atoms with Crippen molar-refractivity contribution in [2.45, 2.75) is 63.9 Å². The zero-order chi connectivity index (χ0) is 27.0. The van der Waals surface area contributed by atoms with Gasteiger partial charge in [-0.1, -0.05) is 11.6 Å². The fraction of sp³-hybridized carbons (Fsp3) is 0.538. The largest absolute Gasteiger partial charge is 0.382 e. The summed E-state index contributed by atoms with van der Waals surface area (Å²) in [5.74, 6) is -0.134. The molecular formula is C26H33ClFN7O3. The molecule has 1 saturated heterocycles. The van der Waals surface area contributed by atoms with Gasteiger partial charge in [-0.3, -0.25) is 4.79 Å². The number of aryl methyl sites for hydroxylation is 2. The quantitative estimate of drug-likeness (QED) is 0.443. The Labute approximate surface area is 225 Å². The Morgan fingerprint density at radius 3 is 2.92 bits per heavy atom. The van der Waals surface area contributed by atoms with E-state index in [2.05, 4.69) is 15.5 Å². The topological polar surface area (TPSA) is 120 Å². The van der Waals surface area contributed by atoms with Crippen LogP contribution in [-0.4, -0.2) is 76.8 Å². The Hall–Kier alpha value is -2.86. The van der Waals surface area contributed by atoms with E-state index in [1.807, 2.05) is 23.3 Å². The number of hydrogen-bond donors (Lipinski definition) is 2. The molecule has 4 unspecified atom stereocenters. The van der Waals surface area contributed by atoms with Gasteiger partial charge < -0.3 is 30.0 Å². The molecule has 1 aliphatic heterocycles. The number of nitrogens with zero attached hydrogens (tertiary/aromatic N) is 5. The van der Waals surface area contributed by atoms with Crippen molar-refractivity contribution in [3.8, 4) is 0 Å². The summed E-state index contributed by atoms with van der Waals surface area (Å²) in [6.07, 6.45) is 3.04. The molecule has 0 spiro atoms. The summed E-state index contributed by atoms with van der Waals surface area (Å²) in [6, 6.07) is 2.65. The third-order valence-corrected chi connectivity index (χ3v) is 7.55. The minimum atomic E-state index is -0.363. The molecule has 2 aliphatic rings. The van der Waals surface area contributed by atoms with Gasteiger partial charge in [-0.2, -0.15) is 0 Å². The minimum Gasteiger partial charge on any atom is -0.382 e. The fourth-order valence-electron chi connectivity index (χ4n) is 5.30. The minimum absolute atomic E-state index is 0.0846. The van der Waals surface area contributed by atoms with Gasteiger partial charge in [-0.15, -0.1) is 10.2 Å². The molecule has 1 fully saturated rings. The third kappa shape index (κ3) is 5.33. The lowest BCUT2D eigenvalue weighted by Crippen LogP contribution is -2.40. The van der Waals surface area contributed by atoms with E-state index in [9.17, 15) is 4.79 Å². The molecule has 12 heteroatoms. The van der Waals surface area contributed by atoms with Crippen molar-refractivity contribution in [2.75, 3.05) is 31.7 Å². The number of methoxy groups -OCH3 is 1. The number of nitrogens with one attached hydrogen (secondary N) is 1. The molecule has 0 aromatic carbocycles. The van der Waals surface area contributed by atoms with Crippen molar-refractivity contribution in [3.05, 3.63) is 46.1 Å². The van der Waals surface area contributed by atoms with Gasteiger partial charge in [0, 0.05) is 61.7 Å². The van der Waals surface area contributed by atoms with Gasteiger partial charge in [0.25, 0.3) is 5.91 Å². The second-order valence-corrected chi connectivity index (χ2v) is 10.4. The van der Waals surface area contributed by atoms with Crippen molar-refractivity contribution in [2.24, 2.45) is 5.73 Å². The van der Waals surface area contributed by atoms with Gasteiger partial charge in [0.05, 0.1) is 29.9 Å². The molecule has 0 bridgehead atoms. The van der Waals surface area contributed by atoms with Crippen LogP contribution in [-0.2, 0) is 28.9 Å². The first-order valence-corrected chi connectivity index (χ1v) is 13.3. The molecule has 3 aromatic heterocycles. The second kappa shape index (κ2) is 11.1. The summed E-state index contributed by atoms with van der Waals surface area (Å²) in [7, 11) is 1.63. The van der Waals surface area contributed by atoms with E-state index < -0.39 is 0 Å². The van der Waals surface area contributed by atoms with Crippen molar-refractivity contribution in [1.82, 2.24) is 25.1 Å². The number of fused-ring (bicyclic) bond motifs is 2. The molecule has 5 rings (SSSR count). The van der Waals surface area contributed by atoms with E-state index in [1.165, 1.54) is 6.07 Å². The first-order valence-electron chi connectivity index (χ1n) is 12.9. The number of carbonyl (C=O) groups excluding carboxylic acids is 1. The lowest BCUT2D eigenvalue weighted by Gasteiger charge is -2.27. The molecule has 204 valence electrons. The van der Waals surface area contributed by atoms with E-state index in [1.54, 1.807) is 19.4 Å². The number of ether oxygens (including phenoxy) is 2. The Kier molecular flexibility index (Phi) is 7.80. The van der Waals surface area contributed by atoms with Crippen LogP contribution in [0.2, 0.25) is 5.02 Å². The molecule has 4 atom stereocenters. The average molecular weight is 546 g/mol. The van der Waals surface area contributed by atoms with Crippen LogP contribution in [0.5, 0.6) is 0 Å². The van der Waals surface area contributed by atoms with Gasteiger partial charge in [0.1, 0.15) is 11.6 Å². The van der Waals surface area contributed by atoms with Crippen molar-refractivity contribution < 1.29 is 18.7 Å². The monoisotopic (exact) mass is 545 g/mol. The van der Waals surface area contributed by atoms with E-state index in [0.29, 0.717) is 78.6 Å². The standard InChI is InChI=1S/C26H33ClFN7O3/c1-4-34-10-18(27)16-8-22(32-33-25(16)34)26(36)30-15-5-6-21-17(7-15)19(28)9-24(31-21)35-11-20(29)23(12-35)38-14(2)13-37-3/h8-10,14-15,20,23H,4-7,11-13,29H2,1-3H3,(H,30,36). The zero-order valence-electron chi connectivity index (χ0n) is 21.8. The van der Waals surface area contributed by atoms with E-state index in [4.69, 9.17) is 31.8 Å². The van der Waals surface area contributed by atoms with Crippen molar-refractivity contribution >= 4 is 34.4 Å². The highest BCUT2D eigenvalue weighted by Crippen LogP contribution is 2.29. The molecule has 10 nitrogen and oxygen atoms in total.